The summed E-state index contributed by atoms with van der Waals surface area (Å²) in [6, 6.07) is 0.354. The summed E-state index contributed by atoms with van der Waals surface area (Å²) in [5.74, 6) is 1.40. The average molecular weight is 263 g/mol. The summed E-state index contributed by atoms with van der Waals surface area (Å²) < 4.78 is 0. The molecule has 2 atom stereocenters. The Morgan fingerprint density at radius 1 is 1.41 bits per heavy atom. The first kappa shape index (κ1) is 16.7. The highest BCUT2D eigenvalue weighted by atomic mass is 35.5. The van der Waals surface area contributed by atoms with Crippen molar-refractivity contribution in [2.24, 2.45) is 11.8 Å². The van der Waals surface area contributed by atoms with Gasteiger partial charge in [-0.1, -0.05) is 20.8 Å². The van der Waals surface area contributed by atoms with Crippen LogP contribution in [0.25, 0.3) is 0 Å². The molecular weight excluding hydrogens is 236 g/mol. The molecule has 1 fully saturated rings. The lowest BCUT2D eigenvalue weighted by Crippen LogP contribution is -2.45. The Balaban J connectivity index is 0.00000256. The molecule has 102 valence electrons. The normalized spacial score (nSPS) is 21.8. The minimum atomic E-state index is 0. The largest absolute Gasteiger partial charge is 0.352 e. The van der Waals surface area contributed by atoms with Gasteiger partial charge < -0.3 is 10.6 Å². The van der Waals surface area contributed by atoms with Gasteiger partial charge in [-0.2, -0.15) is 0 Å². The second-order valence-electron chi connectivity index (χ2n) is 5.55. The molecule has 0 radical (unpaired) electrons. The maximum atomic E-state index is 11.8. The molecule has 0 spiro atoms. The molecule has 0 aromatic heterocycles. The zero-order valence-corrected chi connectivity index (χ0v) is 12.1. The molecule has 1 aliphatic rings. The van der Waals surface area contributed by atoms with Crippen LogP contribution in [-0.4, -0.2) is 25.0 Å². The van der Waals surface area contributed by atoms with Gasteiger partial charge >= 0.3 is 0 Å². The number of hydrogen-bond donors (Lipinski definition) is 2. The smallest absolute Gasteiger partial charge is 0.220 e. The van der Waals surface area contributed by atoms with Gasteiger partial charge in [0.2, 0.25) is 5.91 Å². The number of carbonyl (C=O) groups excluding carboxylic acids is 1. The second kappa shape index (κ2) is 8.76. The second-order valence-corrected chi connectivity index (χ2v) is 5.55. The van der Waals surface area contributed by atoms with E-state index in [2.05, 4.69) is 31.4 Å². The van der Waals surface area contributed by atoms with Crippen LogP contribution in [0.1, 0.15) is 46.5 Å². The number of piperidine rings is 1. The minimum Gasteiger partial charge on any atom is -0.352 e. The van der Waals surface area contributed by atoms with Crippen molar-refractivity contribution in [3.63, 3.8) is 0 Å². The molecule has 1 amide bonds. The van der Waals surface area contributed by atoms with Crippen molar-refractivity contribution in [2.45, 2.75) is 52.5 Å². The zero-order valence-electron chi connectivity index (χ0n) is 11.3. The van der Waals surface area contributed by atoms with Crippen LogP contribution in [0.15, 0.2) is 0 Å². The van der Waals surface area contributed by atoms with Crippen molar-refractivity contribution in [3.05, 3.63) is 0 Å². The van der Waals surface area contributed by atoms with Crippen molar-refractivity contribution in [1.82, 2.24) is 10.6 Å². The van der Waals surface area contributed by atoms with Crippen LogP contribution in [0.4, 0.5) is 0 Å². The van der Waals surface area contributed by atoms with E-state index in [1.807, 2.05) is 0 Å². The Morgan fingerprint density at radius 2 is 2.12 bits per heavy atom. The van der Waals surface area contributed by atoms with Gasteiger partial charge in [0.05, 0.1) is 0 Å². The van der Waals surface area contributed by atoms with Crippen LogP contribution in [-0.2, 0) is 4.79 Å². The molecule has 1 rings (SSSR count). The molecule has 0 bridgehead atoms. The van der Waals surface area contributed by atoms with Crippen LogP contribution in [0, 0.1) is 11.8 Å². The lowest BCUT2D eigenvalue weighted by Gasteiger charge is -2.24. The van der Waals surface area contributed by atoms with Crippen LogP contribution in [0.3, 0.4) is 0 Å². The van der Waals surface area contributed by atoms with Crippen LogP contribution in [0.5, 0.6) is 0 Å². The number of carbonyl (C=O) groups is 1. The predicted octanol–water partition coefficient (Wildman–Crippen LogP) is 2.35. The summed E-state index contributed by atoms with van der Waals surface area (Å²) in [7, 11) is 0. The van der Waals surface area contributed by atoms with Gasteiger partial charge in [0.15, 0.2) is 0 Å². The lowest BCUT2D eigenvalue weighted by atomic mass is 9.95. The third-order valence-electron chi connectivity index (χ3n) is 3.07. The summed E-state index contributed by atoms with van der Waals surface area (Å²) in [5.41, 5.74) is 0. The predicted molar refractivity (Wildman–Crippen MR) is 74.5 cm³/mol. The highest BCUT2D eigenvalue weighted by Gasteiger charge is 2.17. The fourth-order valence-electron chi connectivity index (χ4n) is 2.47. The monoisotopic (exact) mass is 262 g/mol. The molecule has 0 aromatic rings. The molecule has 2 N–H and O–H groups in total. The van der Waals surface area contributed by atoms with Gasteiger partial charge in [-0.25, -0.2) is 0 Å². The molecule has 3 nitrogen and oxygen atoms in total. The van der Waals surface area contributed by atoms with E-state index in [9.17, 15) is 4.79 Å². The Labute approximate surface area is 112 Å². The van der Waals surface area contributed by atoms with Gasteiger partial charge in [-0.05, 0) is 37.6 Å². The van der Waals surface area contributed by atoms with E-state index in [1.54, 1.807) is 0 Å². The lowest BCUT2D eigenvalue weighted by molar-refractivity contribution is -0.122. The number of halogens is 1. The maximum Gasteiger partial charge on any atom is 0.220 e. The quantitative estimate of drug-likeness (QED) is 0.799. The van der Waals surface area contributed by atoms with Crippen molar-refractivity contribution in [3.8, 4) is 0 Å². The molecule has 1 aliphatic heterocycles. The standard InChI is InChI=1S/C13H26N2O.ClH/c1-10(2)7-11(3)8-13(16)15-12-5-4-6-14-9-12;/h10-12,14H,4-9H2,1-3H3,(H,15,16);1H. The summed E-state index contributed by atoms with van der Waals surface area (Å²) in [6.07, 6.45) is 4.11. The fraction of sp³-hybridized carbons (Fsp3) is 0.923. The highest BCUT2D eigenvalue weighted by molar-refractivity contribution is 5.85. The zero-order chi connectivity index (χ0) is 12.0. The molecule has 1 heterocycles. The van der Waals surface area contributed by atoms with Crippen molar-refractivity contribution in [1.29, 1.82) is 0 Å². The van der Waals surface area contributed by atoms with E-state index in [0.717, 1.165) is 25.9 Å². The van der Waals surface area contributed by atoms with E-state index < -0.39 is 0 Å². The highest BCUT2D eigenvalue weighted by Crippen LogP contribution is 2.14. The number of nitrogens with one attached hydrogen (secondary N) is 2. The molecule has 1 saturated heterocycles. The maximum absolute atomic E-state index is 11.8. The molecule has 0 saturated carbocycles. The van der Waals surface area contributed by atoms with Crippen LogP contribution in [0.2, 0.25) is 0 Å². The van der Waals surface area contributed by atoms with E-state index in [-0.39, 0.29) is 18.3 Å². The number of amides is 1. The molecule has 4 heteroatoms. The first-order valence-electron chi connectivity index (χ1n) is 6.58. The molecule has 17 heavy (non-hydrogen) atoms. The van der Waals surface area contributed by atoms with Crippen molar-refractivity contribution in [2.75, 3.05) is 13.1 Å². The first-order chi connectivity index (χ1) is 7.58. The van der Waals surface area contributed by atoms with Crippen LogP contribution < -0.4 is 10.6 Å². The van der Waals surface area contributed by atoms with Crippen molar-refractivity contribution >= 4 is 18.3 Å². The Kier molecular flexibility index (Phi) is 8.61. The summed E-state index contributed by atoms with van der Waals surface area (Å²) in [4.78, 5) is 11.8. The van der Waals surface area contributed by atoms with Gasteiger partial charge in [-0.3, -0.25) is 4.79 Å². The molecule has 0 aliphatic carbocycles. The molecule has 2 unspecified atom stereocenters. The van der Waals surface area contributed by atoms with E-state index >= 15 is 0 Å². The summed E-state index contributed by atoms with van der Waals surface area (Å²) in [5, 5.41) is 6.43. The van der Waals surface area contributed by atoms with Crippen molar-refractivity contribution < 1.29 is 4.79 Å². The third-order valence-corrected chi connectivity index (χ3v) is 3.07. The average Bonchev–Trinajstić information content (AvgIpc) is 2.17. The molecular formula is C13H27ClN2O. The Morgan fingerprint density at radius 3 is 2.65 bits per heavy atom. The van der Waals surface area contributed by atoms with Crippen LogP contribution >= 0.6 is 12.4 Å². The Bertz CT molecular complexity index is 215. The van der Waals surface area contributed by atoms with Gasteiger partial charge in [0.25, 0.3) is 0 Å². The van der Waals surface area contributed by atoms with E-state index in [4.69, 9.17) is 0 Å². The molecule has 0 aromatic carbocycles. The SMILES string of the molecule is CC(C)CC(C)CC(=O)NC1CCCNC1.Cl. The minimum absolute atomic E-state index is 0. The topological polar surface area (TPSA) is 41.1 Å². The fourth-order valence-corrected chi connectivity index (χ4v) is 2.47. The van der Waals surface area contributed by atoms with Gasteiger partial charge in [0.1, 0.15) is 0 Å². The van der Waals surface area contributed by atoms with Gasteiger partial charge in [0, 0.05) is 19.0 Å². The summed E-state index contributed by atoms with van der Waals surface area (Å²) in [6.45, 7) is 8.61. The van der Waals surface area contributed by atoms with E-state index in [0.29, 0.717) is 24.3 Å². The number of rotatable bonds is 5. The number of hydrogen-bond acceptors (Lipinski definition) is 2. The van der Waals surface area contributed by atoms with E-state index in [1.165, 1.54) is 6.42 Å². The Hall–Kier alpha value is -0.280. The third kappa shape index (κ3) is 7.61. The summed E-state index contributed by atoms with van der Waals surface area (Å²) >= 11 is 0. The first-order valence-corrected chi connectivity index (χ1v) is 6.58. The van der Waals surface area contributed by atoms with Gasteiger partial charge in [-0.15, -0.1) is 12.4 Å².